The van der Waals surface area contributed by atoms with Gasteiger partial charge in [0.05, 0.1) is 16.6 Å². The molecule has 0 saturated carbocycles. The third-order valence-corrected chi connectivity index (χ3v) is 4.59. The van der Waals surface area contributed by atoms with Crippen molar-refractivity contribution in [2.75, 3.05) is 20.1 Å². The van der Waals surface area contributed by atoms with E-state index in [-0.39, 0.29) is 18.1 Å². The van der Waals surface area contributed by atoms with Gasteiger partial charge in [-0.2, -0.15) is 0 Å². The van der Waals surface area contributed by atoms with E-state index in [1.165, 1.54) is 0 Å². The minimum atomic E-state index is -0.534. The molecule has 108 valence electrons. The maximum atomic E-state index is 12.3. The second-order valence-electron chi connectivity index (χ2n) is 5.75. The Balaban J connectivity index is 2.01. The molecular weight excluding hydrogens is 262 g/mol. The highest BCUT2D eigenvalue weighted by atomic mass is 32.1. The number of carbonyl (C=O) groups is 1. The molecule has 1 amide bonds. The molecule has 3 N–H and O–H groups in total. The number of carbonyl (C=O) groups excluding carboxylic acids is 1. The van der Waals surface area contributed by atoms with E-state index in [1.807, 2.05) is 6.92 Å². The number of nitrogens with two attached hydrogens (primary N) is 1. The summed E-state index contributed by atoms with van der Waals surface area (Å²) in [4.78, 5) is 14.9. The summed E-state index contributed by atoms with van der Waals surface area (Å²) in [6.07, 6.45) is 3.07. The predicted octanol–water partition coefficient (Wildman–Crippen LogP) is 0.421. The Labute approximate surface area is 119 Å². The van der Waals surface area contributed by atoms with Crippen LogP contribution in [0.2, 0.25) is 0 Å². The summed E-state index contributed by atoms with van der Waals surface area (Å²) >= 11 is 5.19. The summed E-state index contributed by atoms with van der Waals surface area (Å²) in [7, 11) is 2.06. The molecule has 2 heterocycles. The zero-order chi connectivity index (χ0) is 14.0. The summed E-state index contributed by atoms with van der Waals surface area (Å²) in [6.45, 7) is 3.77. The molecule has 2 rings (SSSR count). The first-order valence-corrected chi connectivity index (χ1v) is 7.30. The van der Waals surface area contributed by atoms with Gasteiger partial charge in [0.1, 0.15) is 6.10 Å². The van der Waals surface area contributed by atoms with E-state index in [0.29, 0.717) is 4.99 Å². The van der Waals surface area contributed by atoms with E-state index in [2.05, 4.69) is 17.3 Å². The Morgan fingerprint density at radius 2 is 2.05 bits per heavy atom. The molecule has 2 aliphatic heterocycles. The van der Waals surface area contributed by atoms with E-state index in [4.69, 9.17) is 22.7 Å². The molecule has 2 unspecified atom stereocenters. The highest BCUT2D eigenvalue weighted by Crippen LogP contribution is 2.25. The number of nitrogens with one attached hydrogen (secondary N) is 1. The molecule has 0 aromatic rings. The van der Waals surface area contributed by atoms with Crippen molar-refractivity contribution in [2.45, 2.75) is 50.4 Å². The lowest BCUT2D eigenvalue weighted by atomic mass is 9.87. The van der Waals surface area contributed by atoms with Crippen molar-refractivity contribution in [3.8, 4) is 0 Å². The van der Waals surface area contributed by atoms with Crippen molar-refractivity contribution in [1.82, 2.24) is 10.2 Å². The first-order chi connectivity index (χ1) is 8.93. The zero-order valence-electron chi connectivity index (χ0n) is 11.6. The monoisotopic (exact) mass is 285 g/mol. The van der Waals surface area contributed by atoms with Crippen LogP contribution >= 0.6 is 12.2 Å². The second-order valence-corrected chi connectivity index (χ2v) is 6.19. The molecule has 0 aromatic carbocycles. The number of likely N-dealkylation sites (tertiary alicyclic amines) is 1. The highest BCUT2D eigenvalue weighted by molar-refractivity contribution is 7.80. The molecule has 0 bridgehead atoms. The van der Waals surface area contributed by atoms with Gasteiger partial charge in [0.15, 0.2) is 0 Å². The molecule has 0 aromatic heterocycles. The van der Waals surface area contributed by atoms with Gasteiger partial charge in [-0.1, -0.05) is 12.2 Å². The third-order valence-electron chi connectivity index (χ3n) is 4.20. The SMILES string of the molecule is CC1CCC(C(=O)NC2(C(N)=S)CCN(C)CC2)O1. The first kappa shape index (κ1) is 14.7. The lowest BCUT2D eigenvalue weighted by molar-refractivity contribution is -0.133. The molecule has 0 aliphatic carbocycles. The van der Waals surface area contributed by atoms with E-state index < -0.39 is 5.54 Å². The largest absolute Gasteiger partial charge is 0.391 e. The summed E-state index contributed by atoms with van der Waals surface area (Å²) in [5.74, 6) is -0.0679. The van der Waals surface area contributed by atoms with Crippen LogP contribution in [0.3, 0.4) is 0 Å². The van der Waals surface area contributed by atoms with Crippen LogP contribution in [-0.4, -0.2) is 53.7 Å². The van der Waals surface area contributed by atoms with Crippen molar-refractivity contribution >= 4 is 23.1 Å². The summed E-state index contributed by atoms with van der Waals surface area (Å²) < 4.78 is 5.60. The molecule has 19 heavy (non-hydrogen) atoms. The number of nitrogens with zero attached hydrogens (tertiary/aromatic N) is 1. The molecule has 2 aliphatic rings. The molecule has 5 nitrogen and oxygen atoms in total. The summed E-state index contributed by atoms with van der Waals surface area (Å²) in [6, 6.07) is 0. The smallest absolute Gasteiger partial charge is 0.249 e. The molecule has 2 fully saturated rings. The summed E-state index contributed by atoms with van der Waals surface area (Å²) in [5.41, 5.74) is 5.35. The quantitative estimate of drug-likeness (QED) is 0.736. The topological polar surface area (TPSA) is 67.6 Å². The average molecular weight is 285 g/mol. The van der Waals surface area contributed by atoms with E-state index in [9.17, 15) is 4.79 Å². The van der Waals surface area contributed by atoms with E-state index in [0.717, 1.165) is 38.8 Å². The fourth-order valence-corrected chi connectivity index (χ4v) is 3.00. The van der Waals surface area contributed by atoms with E-state index >= 15 is 0 Å². The number of hydrogen-bond donors (Lipinski definition) is 2. The minimum Gasteiger partial charge on any atom is -0.391 e. The number of rotatable bonds is 3. The van der Waals surface area contributed by atoms with Gasteiger partial charge in [0.2, 0.25) is 5.91 Å². The second kappa shape index (κ2) is 5.73. The van der Waals surface area contributed by atoms with Crippen LogP contribution in [0.4, 0.5) is 0 Å². The normalized spacial score (nSPS) is 31.1. The van der Waals surface area contributed by atoms with Crippen LogP contribution in [0.1, 0.15) is 32.6 Å². The number of amides is 1. The van der Waals surface area contributed by atoms with Crippen molar-refractivity contribution in [3.63, 3.8) is 0 Å². The Morgan fingerprint density at radius 3 is 2.53 bits per heavy atom. The molecular formula is C13H23N3O2S. The summed E-state index contributed by atoms with van der Waals surface area (Å²) in [5, 5.41) is 3.06. The Bertz CT molecular complexity index is 367. The van der Waals surface area contributed by atoms with Crippen molar-refractivity contribution < 1.29 is 9.53 Å². The van der Waals surface area contributed by atoms with Crippen molar-refractivity contribution in [1.29, 1.82) is 0 Å². The van der Waals surface area contributed by atoms with Crippen LogP contribution in [-0.2, 0) is 9.53 Å². The Morgan fingerprint density at radius 1 is 1.42 bits per heavy atom. The Hall–Kier alpha value is -0.720. The third kappa shape index (κ3) is 3.24. The van der Waals surface area contributed by atoms with Crippen LogP contribution < -0.4 is 11.1 Å². The van der Waals surface area contributed by atoms with Gasteiger partial charge in [-0.3, -0.25) is 4.79 Å². The average Bonchev–Trinajstić information content (AvgIpc) is 2.79. The molecule has 2 saturated heterocycles. The fraction of sp³-hybridized carbons (Fsp3) is 0.846. The van der Waals surface area contributed by atoms with Crippen LogP contribution in [0, 0.1) is 0 Å². The van der Waals surface area contributed by atoms with Gasteiger partial charge in [0, 0.05) is 13.1 Å². The maximum Gasteiger partial charge on any atom is 0.249 e. The number of hydrogen-bond acceptors (Lipinski definition) is 4. The lowest BCUT2D eigenvalue weighted by Gasteiger charge is -2.40. The first-order valence-electron chi connectivity index (χ1n) is 6.89. The standard InChI is InChI=1S/C13H23N3O2S/c1-9-3-4-10(18-9)11(17)15-13(12(14)19)5-7-16(2)8-6-13/h9-10H,3-8H2,1-2H3,(H2,14,19)(H,15,17). The molecule has 6 heteroatoms. The maximum absolute atomic E-state index is 12.3. The van der Waals surface area contributed by atoms with Gasteiger partial charge in [-0.05, 0) is 39.7 Å². The lowest BCUT2D eigenvalue weighted by Crippen LogP contribution is -2.62. The van der Waals surface area contributed by atoms with Gasteiger partial charge in [-0.25, -0.2) is 0 Å². The van der Waals surface area contributed by atoms with Gasteiger partial charge < -0.3 is 20.7 Å². The number of thiocarbonyl (C=S) groups is 1. The molecule has 2 atom stereocenters. The van der Waals surface area contributed by atoms with Crippen molar-refractivity contribution in [2.24, 2.45) is 5.73 Å². The molecule has 0 radical (unpaired) electrons. The van der Waals surface area contributed by atoms with Gasteiger partial charge >= 0.3 is 0 Å². The van der Waals surface area contributed by atoms with Crippen molar-refractivity contribution in [3.05, 3.63) is 0 Å². The fourth-order valence-electron chi connectivity index (χ4n) is 2.75. The predicted molar refractivity (Wildman–Crippen MR) is 78.0 cm³/mol. The minimum absolute atomic E-state index is 0.0679. The zero-order valence-corrected chi connectivity index (χ0v) is 12.5. The number of ether oxygens (including phenoxy) is 1. The number of piperidine rings is 1. The molecule has 0 spiro atoms. The van der Waals surface area contributed by atoms with Gasteiger partial charge in [0.25, 0.3) is 0 Å². The Kier molecular flexibility index (Phi) is 4.43. The van der Waals surface area contributed by atoms with Gasteiger partial charge in [-0.15, -0.1) is 0 Å². The van der Waals surface area contributed by atoms with Crippen LogP contribution in [0.5, 0.6) is 0 Å². The van der Waals surface area contributed by atoms with E-state index in [1.54, 1.807) is 0 Å². The highest BCUT2D eigenvalue weighted by Gasteiger charge is 2.40. The van der Waals surface area contributed by atoms with Crippen LogP contribution in [0.15, 0.2) is 0 Å². The van der Waals surface area contributed by atoms with Crippen LogP contribution in [0.25, 0.3) is 0 Å².